The first kappa shape index (κ1) is 15.9. The first-order valence-corrected chi connectivity index (χ1v) is 7.65. The molecule has 1 N–H and O–H groups in total. The van der Waals surface area contributed by atoms with E-state index in [1.54, 1.807) is 23.7 Å². The Morgan fingerprint density at radius 3 is 2.54 bits per heavy atom. The van der Waals surface area contributed by atoms with Crippen molar-refractivity contribution < 1.29 is 9.18 Å². The average molecular weight is 323 g/mol. The molecule has 3 aromatic rings. The van der Waals surface area contributed by atoms with Crippen molar-refractivity contribution in [3.05, 3.63) is 76.9 Å². The number of rotatable bonds is 3. The number of hydrogen-bond donors (Lipinski definition) is 1. The van der Waals surface area contributed by atoms with Gasteiger partial charge in [-0.1, -0.05) is 18.2 Å². The second-order valence-electron chi connectivity index (χ2n) is 5.83. The third-order valence-electron chi connectivity index (χ3n) is 3.87. The highest BCUT2D eigenvalue weighted by Crippen LogP contribution is 2.19. The number of carbonyl (C=O) groups excluding carboxylic acids is 1. The number of hydrogen-bond acceptors (Lipinski definition) is 2. The predicted molar refractivity (Wildman–Crippen MR) is 92.1 cm³/mol. The molecule has 0 aliphatic rings. The molecule has 0 bridgehead atoms. The molecule has 0 saturated carbocycles. The molecule has 0 fully saturated rings. The molecular formula is C19H18FN3O. The van der Waals surface area contributed by atoms with E-state index < -0.39 is 5.82 Å². The monoisotopic (exact) mass is 323 g/mol. The van der Waals surface area contributed by atoms with Crippen molar-refractivity contribution in [2.45, 2.75) is 20.8 Å². The first-order chi connectivity index (χ1) is 11.5. The van der Waals surface area contributed by atoms with Crippen LogP contribution in [0.1, 0.15) is 27.2 Å². The lowest BCUT2D eigenvalue weighted by molar-refractivity contribution is 0.102. The van der Waals surface area contributed by atoms with E-state index in [4.69, 9.17) is 0 Å². The van der Waals surface area contributed by atoms with E-state index >= 15 is 0 Å². The smallest absolute Gasteiger partial charge is 0.259 e. The van der Waals surface area contributed by atoms with E-state index in [-0.39, 0.29) is 11.6 Å². The maximum atomic E-state index is 13.9. The summed E-state index contributed by atoms with van der Waals surface area (Å²) in [6.45, 7) is 5.61. The number of anilines is 1. The summed E-state index contributed by atoms with van der Waals surface area (Å²) in [5.41, 5.74) is 4.06. The highest BCUT2D eigenvalue weighted by molar-refractivity contribution is 6.05. The fourth-order valence-electron chi connectivity index (χ4n) is 2.56. The van der Waals surface area contributed by atoms with E-state index in [1.165, 1.54) is 12.3 Å². The number of nitrogens with one attached hydrogen (secondary N) is 1. The van der Waals surface area contributed by atoms with Gasteiger partial charge < -0.3 is 5.32 Å². The maximum absolute atomic E-state index is 13.9. The van der Waals surface area contributed by atoms with Gasteiger partial charge in [0.1, 0.15) is 5.82 Å². The Morgan fingerprint density at radius 2 is 1.83 bits per heavy atom. The summed E-state index contributed by atoms with van der Waals surface area (Å²) in [6, 6.07) is 12.5. The van der Waals surface area contributed by atoms with Gasteiger partial charge >= 0.3 is 0 Å². The SMILES string of the molecule is Cc1cccc(-n2ncc(C(=O)Nc3ccc(C)cc3F)c2C)c1. The lowest BCUT2D eigenvalue weighted by Gasteiger charge is -2.08. The van der Waals surface area contributed by atoms with Crippen LogP contribution in [0.2, 0.25) is 0 Å². The molecule has 0 aliphatic carbocycles. The van der Waals surface area contributed by atoms with Gasteiger partial charge in [-0.2, -0.15) is 5.10 Å². The minimum Gasteiger partial charge on any atom is -0.319 e. The van der Waals surface area contributed by atoms with Crippen LogP contribution >= 0.6 is 0 Å². The van der Waals surface area contributed by atoms with Crippen LogP contribution in [-0.4, -0.2) is 15.7 Å². The summed E-state index contributed by atoms with van der Waals surface area (Å²) < 4.78 is 15.6. The minimum atomic E-state index is -0.452. The quantitative estimate of drug-likeness (QED) is 0.785. The van der Waals surface area contributed by atoms with Crippen LogP contribution in [0.5, 0.6) is 0 Å². The topological polar surface area (TPSA) is 46.9 Å². The summed E-state index contributed by atoms with van der Waals surface area (Å²) in [5, 5.41) is 6.89. The van der Waals surface area contributed by atoms with Crippen LogP contribution in [0, 0.1) is 26.6 Å². The Balaban J connectivity index is 1.89. The molecule has 0 radical (unpaired) electrons. The maximum Gasteiger partial charge on any atom is 0.259 e. The molecule has 24 heavy (non-hydrogen) atoms. The van der Waals surface area contributed by atoms with Crippen LogP contribution < -0.4 is 5.32 Å². The summed E-state index contributed by atoms with van der Waals surface area (Å²) >= 11 is 0. The second kappa shape index (κ2) is 6.28. The summed E-state index contributed by atoms with van der Waals surface area (Å²) in [7, 11) is 0. The van der Waals surface area contributed by atoms with E-state index in [9.17, 15) is 9.18 Å². The Morgan fingerprint density at radius 1 is 1.08 bits per heavy atom. The summed E-state index contributed by atoms with van der Waals surface area (Å²) in [6.07, 6.45) is 1.50. The molecule has 1 amide bonds. The van der Waals surface area contributed by atoms with Gasteiger partial charge in [0.2, 0.25) is 0 Å². The van der Waals surface area contributed by atoms with Crippen LogP contribution in [0.3, 0.4) is 0 Å². The molecule has 3 rings (SSSR count). The van der Waals surface area contributed by atoms with Crippen LogP contribution in [0.25, 0.3) is 5.69 Å². The molecule has 0 unspecified atom stereocenters. The average Bonchev–Trinajstić information content (AvgIpc) is 2.92. The van der Waals surface area contributed by atoms with Crippen molar-refractivity contribution in [1.82, 2.24) is 9.78 Å². The Kier molecular flexibility index (Phi) is 4.16. The molecule has 2 aromatic carbocycles. The molecule has 0 saturated heterocycles. The van der Waals surface area contributed by atoms with Crippen molar-refractivity contribution in [2.24, 2.45) is 0 Å². The molecule has 0 aliphatic heterocycles. The molecule has 0 spiro atoms. The zero-order valence-electron chi connectivity index (χ0n) is 13.8. The summed E-state index contributed by atoms with van der Waals surface area (Å²) in [5.74, 6) is -0.832. The van der Waals surface area contributed by atoms with Crippen LogP contribution in [0.15, 0.2) is 48.7 Å². The van der Waals surface area contributed by atoms with Gasteiger partial charge in [-0.15, -0.1) is 0 Å². The van der Waals surface area contributed by atoms with E-state index in [0.717, 1.165) is 16.8 Å². The van der Waals surface area contributed by atoms with Crippen molar-refractivity contribution in [1.29, 1.82) is 0 Å². The predicted octanol–water partition coefficient (Wildman–Crippen LogP) is 4.19. The number of aromatic nitrogens is 2. The van der Waals surface area contributed by atoms with E-state index in [1.807, 2.05) is 38.1 Å². The second-order valence-corrected chi connectivity index (χ2v) is 5.83. The standard InChI is InChI=1S/C19H18FN3O/c1-12-5-4-6-15(9-12)23-14(3)16(11-21-23)19(24)22-18-8-7-13(2)10-17(18)20/h4-11H,1-3H3,(H,22,24). The molecule has 122 valence electrons. The van der Waals surface area contributed by atoms with Crippen molar-refractivity contribution in [3.63, 3.8) is 0 Å². The third-order valence-corrected chi connectivity index (χ3v) is 3.87. The van der Waals surface area contributed by atoms with Gasteiger partial charge in [0.25, 0.3) is 5.91 Å². The lowest BCUT2D eigenvalue weighted by Crippen LogP contribution is -2.14. The molecule has 1 aromatic heterocycles. The number of carbonyl (C=O) groups is 1. The van der Waals surface area contributed by atoms with Gasteiger partial charge in [-0.05, 0) is 56.2 Å². The zero-order chi connectivity index (χ0) is 17.3. The van der Waals surface area contributed by atoms with E-state index in [0.29, 0.717) is 11.3 Å². The summed E-state index contributed by atoms with van der Waals surface area (Å²) in [4.78, 5) is 12.5. The normalized spacial score (nSPS) is 10.7. The van der Waals surface area contributed by atoms with Crippen molar-refractivity contribution in [3.8, 4) is 5.69 Å². The zero-order valence-corrected chi connectivity index (χ0v) is 13.8. The lowest BCUT2D eigenvalue weighted by atomic mass is 10.2. The fourth-order valence-corrected chi connectivity index (χ4v) is 2.56. The van der Waals surface area contributed by atoms with Gasteiger partial charge in [0.15, 0.2) is 0 Å². The van der Waals surface area contributed by atoms with Gasteiger partial charge in [0, 0.05) is 0 Å². The number of aryl methyl sites for hydroxylation is 2. The van der Waals surface area contributed by atoms with Crippen molar-refractivity contribution >= 4 is 11.6 Å². The fraction of sp³-hybridized carbons (Fsp3) is 0.158. The highest BCUT2D eigenvalue weighted by atomic mass is 19.1. The molecule has 5 heteroatoms. The number of benzene rings is 2. The minimum absolute atomic E-state index is 0.160. The number of halogens is 1. The Labute approximate surface area is 139 Å². The van der Waals surface area contributed by atoms with Gasteiger partial charge in [-0.25, -0.2) is 9.07 Å². The van der Waals surface area contributed by atoms with Crippen molar-refractivity contribution in [2.75, 3.05) is 5.32 Å². The van der Waals surface area contributed by atoms with E-state index in [2.05, 4.69) is 10.4 Å². The molecular weight excluding hydrogens is 305 g/mol. The number of nitrogens with zero attached hydrogens (tertiary/aromatic N) is 2. The molecule has 1 heterocycles. The Bertz CT molecular complexity index is 915. The molecule has 0 atom stereocenters. The molecule has 4 nitrogen and oxygen atoms in total. The van der Waals surface area contributed by atoms with Gasteiger partial charge in [0.05, 0.1) is 28.8 Å². The van der Waals surface area contributed by atoms with Crippen LogP contribution in [0.4, 0.5) is 10.1 Å². The first-order valence-electron chi connectivity index (χ1n) is 7.65. The Hall–Kier alpha value is -2.95. The highest BCUT2D eigenvalue weighted by Gasteiger charge is 2.16. The van der Waals surface area contributed by atoms with Gasteiger partial charge in [-0.3, -0.25) is 4.79 Å². The largest absolute Gasteiger partial charge is 0.319 e. The van der Waals surface area contributed by atoms with Crippen LogP contribution in [-0.2, 0) is 0 Å². The third kappa shape index (κ3) is 3.06. The number of amides is 1.